The largest absolute Gasteiger partial charge is 0.522 e. The fourth-order valence-corrected chi connectivity index (χ4v) is 13.7. The van der Waals surface area contributed by atoms with Gasteiger partial charge in [0.25, 0.3) is 0 Å². The molecule has 406 valence electrons. The minimum atomic E-state index is -5.39. The van der Waals surface area contributed by atoms with Gasteiger partial charge in [0.1, 0.15) is 17.5 Å². The normalized spacial score (nSPS) is 19.8. The summed E-state index contributed by atoms with van der Waals surface area (Å²) < 4.78 is 158. The maximum Gasteiger partial charge on any atom is 0.522 e. The molecule has 0 spiro atoms. The van der Waals surface area contributed by atoms with Crippen molar-refractivity contribution < 1.29 is 99.8 Å². The summed E-state index contributed by atoms with van der Waals surface area (Å²) in [6.45, 7) is 18.0. The molecule has 0 amide bonds. The highest BCUT2D eigenvalue weighted by Crippen LogP contribution is 2.50. The Bertz CT molecular complexity index is 1790. The molecule has 3 aliphatic heterocycles. The van der Waals surface area contributed by atoms with E-state index >= 15 is 0 Å². The first-order chi connectivity index (χ1) is 31.2. The Morgan fingerprint density at radius 3 is 1.54 bits per heavy atom. The van der Waals surface area contributed by atoms with Crippen LogP contribution in [-0.4, -0.2) is 151 Å². The van der Waals surface area contributed by atoms with Crippen molar-refractivity contribution in [3.63, 3.8) is 0 Å². The number of nitrogens with zero attached hydrogens (tertiary/aromatic N) is 2. The summed E-state index contributed by atoms with van der Waals surface area (Å²) >= 11 is 4.51. The van der Waals surface area contributed by atoms with Crippen LogP contribution in [0, 0.1) is 0 Å². The van der Waals surface area contributed by atoms with Gasteiger partial charge in [-0.25, -0.2) is 4.79 Å². The highest BCUT2D eigenvalue weighted by molar-refractivity contribution is 8.00. The lowest BCUT2D eigenvalue weighted by Gasteiger charge is -2.18. The maximum atomic E-state index is 12.3. The lowest BCUT2D eigenvalue weighted by Crippen LogP contribution is -2.36. The number of nitrogen functional groups attached to an aromatic ring is 1. The predicted octanol–water partition coefficient (Wildman–Crippen LogP) is 8.09. The number of hydrogen-bond donors (Lipinski definition) is 2. The highest BCUT2D eigenvalue weighted by Gasteiger charge is 2.49. The number of methoxy groups -OCH3 is 1. The van der Waals surface area contributed by atoms with Gasteiger partial charge in [0, 0.05) is 24.8 Å². The van der Waals surface area contributed by atoms with Gasteiger partial charge in [-0.1, -0.05) is 42.7 Å². The molecule has 0 aromatic carbocycles. The Kier molecular flexibility index (Phi) is 36.9. The minimum Gasteiger partial charge on any atom is -0.384 e. The number of thioether (sulfide) groups is 3. The average Bonchev–Trinajstić information content (AvgIpc) is 4.05. The zero-order valence-electron chi connectivity index (χ0n) is 39.1. The molecular formula is C34H71F3N3O20P3S4Si. The van der Waals surface area contributed by atoms with Crippen LogP contribution in [0.15, 0.2) is 17.1 Å². The molecule has 23 nitrogen and oxygen atoms in total. The van der Waals surface area contributed by atoms with Gasteiger partial charge in [-0.15, -0.1) is 0 Å². The van der Waals surface area contributed by atoms with Crippen LogP contribution < -0.4 is 11.4 Å². The summed E-state index contributed by atoms with van der Waals surface area (Å²) in [5.74, 6) is 2.13. The van der Waals surface area contributed by atoms with E-state index in [1.165, 1.54) is 42.0 Å². The van der Waals surface area contributed by atoms with Gasteiger partial charge < -0.3 is 70.3 Å². The second kappa shape index (κ2) is 35.9. The summed E-state index contributed by atoms with van der Waals surface area (Å²) in [7, 11) is -16.0. The Balaban J connectivity index is 0. The smallest absolute Gasteiger partial charge is 0.384 e. The monoisotopic (exact) mass is 1150 g/mol. The van der Waals surface area contributed by atoms with Crippen molar-refractivity contribution in [3.05, 3.63) is 22.7 Å². The van der Waals surface area contributed by atoms with Gasteiger partial charge in [0.15, 0.2) is 12.7 Å². The van der Waals surface area contributed by atoms with E-state index in [1.807, 2.05) is 0 Å². The first-order valence-corrected chi connectivity index (χ1v) is 33.4. The predicted molar refractivity (Wildman–Crippen MR) is 258 cm³/mol. The number of aliphatic hydroxyl groups is 1. The Morgan fingerprint density at radius 2 is 1.22 bits per heavy atom. The fraction of sp³-hybridized carbons (Fsp3) is 0.882. The van der Waals surface area contributed by atoms with Crippen molar-refractivity contribution in [1.82, 2.24) is 9.55 Å². The topological polar surface area (TPSA) is 286 Å². The lowest BCUT2D eigenvalue weighted by atomic mass is 10.5. The second-order valence-corrected chi connectivity index (χ2v) is 28.9. The van der Waals surface area contributed by atoms with Crippen molar-refractivity contribution in [2.24, 2.45) is 0 Å². The van der Waals surface area contributed by atoms with Gasteiger partial charge in [-0.05, 0) is 67.2 Å². The molecule has 1 aromatic heterocycles. The number of aromatic nitrogens is 2. The van der Waals surface area contributed by atoms with E-state index in [0.717, 1.165) is 18.1 Å². The zero-order valence-corrected chi connectivity index (χ0v) is 46.1. The molecule has 4 rings (SSSR count). The van der Waals surface area contributed by atoms with Crippen LogP contribution in [-0.2, 0) is 83.2 Å². The fourth-order valence-electron chi connectivity index (χ4n) is 4.36. The van der Waals surface area contributed by atoms with Crippen molar-refractivity contribution >= 4 is 82.3 Å². The second-order valence-electron chi connectivity index (χ2n) is 13.2. The quantitative estimate of drug-likeness (QED) is 0.0594. The van der Waals surface area contributed by atoms with E-state index in [1.54, 1.807) is 78.4 Å². The molecule has 4 atom stereocenters. The first-order valence-electron chi connectivity index (χ1n) is 20.4. The van der Waals surface area contributed by atoms with Crippen molar-refractivity contribution in [1.29, 1.82) is 0 Å². The van der Waals surface area contributed by atoms with Crippen LogP contribution in [0.2, 0.25) is 19.6 Å². The van der Waals surface area contributed by atoms with Gasteiger partial charge in [0.05, 0.1) is 59.5 Å². The number of hydrogen-bond acceptors (Lipinski definition) is 25. The third-order valence-electron chi connectivity index (χ3n) is 6.69. The van der Waals surface area contributed by atoms with Gasteiger partial charge >= 0.3 is 44.1 Å². The molecule has 3 N–H and O–H groups in total. The molecule has 3 aliphatic rings. The van der Waals surface area contributed by atoms with E-state index in [2.05, 4.69) is 8.86 Å². The van der Waals surface area contributed by atoms with Crippen LogP contribution in [0.4, 0.5) is 19.0 Å². The highest BCUT2D eigenvalue weighted by atomic mass is 32.2. The molecule has 1 aromatic rings. The molecule has 0 bridgehead atoms. The molecule has 0 radical (unpaired) electrons. The number of halogens is 3. The minimum absolute atomic E-state index is 0. The summed E-state index contributed by atoms with van der Waals surface area (Å²) in [5, 5.41) is 8.24. The van der Waals surface area contributed by atoms with Crippen molar-refractivity contribution in [2.75, 3.05) is 103 Å². The lowest BCUT2D eigenvalue weighted by molar-refractivity contribution is -0.0611. The number of rotatable bonds is 23. The molecule has 4 heterocycles. The van der Waals surface area contributed by atoms with E-state index < -0.39 is 64.4 Å². The van der Waals surface area contributed by atoms with Gasteiger partial charge in [-0.3, -0.25) is 18.3 Å². The Labute approximate surface area is 411 Å². The molecular weight excluding hydrogens is 1080 g/mol. The van der Waals surface area contributed by atoms with Crippen LogP contribution in [0.1, 0.15) is 54.3 Å². The average molecular weight is 1150 g/mol. The van der Waals surface area contributed by atoms with Gasteiger partial charge in [-0.2, -0.15) is 26.6 Å². The first kappa shape index (κ1) is 69.9. The SMILES string of the molecule is C.CCOP(=O)(CO)OCC.CCOP(=O)(COC1OCC(n2ccc(N)nc2=O)S1)OCC.CCOP(=O)(COC1OCCS1)OCC.COC1OCCS1.C[Si](C)(C)OS(=O)(=O)C(F)(F)F. The van der Waals surface area contributed by atoms with Gasteiger partial charge in [0.2, 0.25) is 25.2 Å². The molecule has 0 saturated carbocycles. The standard InChI is InChI=1S/C12H20N3O6PS.C8H17O5PS.C5H13O4P.C4H9F3O3SSi.C4H8O2S.CH4/c1-3-20-22(17,21-4-2)8-19-12-18-7-10(23-12)15-6-5-9(13)14-11(15)16;1-3-12-14(9,13-4-2)7-11-8-10-5-6-15-8;1-3-8-10(7,5-6)9-4-2;1-12(2,3)10-11(8,9)4(5,6)7;1-5-4-6-2-3-7-4;/h5-6,10,12H,3-4,7-8H2,1-2H3,(H2,13,14,16);8H,3-7H2,1-2H3;6H,3-5H2,1-2H3;1-3H3;4H,2-3H2,1H3;1H4. The Hall–Kier alpha value is -0.183. The van der Waals surface area contributed by atoms with Crippen LogP contribution >= 0.6 is 58.1 Å². The van der Waals surface area contributed by atoms with Crippen molar-refractivity contribution in [3.8, 4) is 0 Å². The molecule has 0 aliphatic carbocycles. The number of anilines is 1. The molecule has 4 unspecified atom stereocenters. The Morgan fingerprint density at radius 1 is 0.794 bits per heavy atom. The van der Waals surface area contributed by atoms with E-state index in [-0.39, 0.29) is 75.6 Å². The van der Waals surface area contributed by atoms with Crippen LogP contribution in [0.5, 0.6) is 0 Å². The number of ether oxygens (including phenoxy) is 6. The van der Waals surface area contributed by atoms with Crippen LogP contribution in [0.3, 0.4) is 0 Å². The molecule has 68 heavy (non-hydrogen) atoms. The molecule has 34 heteroatoms. The van der Waals surface area contributed by atoms with E-state index in [4.69, 9.17) is 66.4 Å². The summed E-state index contributed by atoms with van der Waals surface area (Å²) in [6, 6.07) is 1.54. The van der Waals surface area contributed by atoms with E-state index in [9.17, 15) is 40.1 Å². The summed E-state index contributed by atoms with van der Waals surface area (Å²) in [6.07, 6.45) is 0.744. The molecule has 3 saturated heterocycles. The number of aliphatic hydroxyl groups excluding tert-OH is 1. The number of nitrogens with two attached hydrogens (primary N) is 1. The number of alkyl halides is 3. The zero-order chi connectivity index (χ0) is 51.4. The molecule has 3 fully saturated rings. The third-order valence-corrected chi connectivity index (χ3v) is 18.4. The maximum absolute atomic E-state index is 12.3. The summed E-state index contributed by atoms with van der Waals surface area (Å²) in [4.78, 5) is 15.5. The van der Waals surface area contributed by atoms with Crippen LogP contribution in [0.25, 0.3) is 0 Å². The van der Waals surface area contributed by atoms with E-state index in [0.29, 0.717) is 19.8 Å². The van der Waals surface area contributed by atoms with Crippen molar-refractivity contribution in [2.45, 2.75) is 96.4 Å². The summed E-state index contributed by atoms with van der Waals surface area (Å²) in [5.41, 5.74) is -1.30. The third kappa shape index (κ3) is 30.1.